The molecule has 0 spiro atoms. The molecule has 2 heterocycles. The number of carbonyl (C=O) groups excluding carboxylic acids is 3. The molecule has 0 N–H and O–H groups in total. The highest BCUT2D eigenvalue weighted by atomic mass is 16.7. The molecule has 20 heavy (non-hydrogen) atoms. The number of carbonyl (C=O) groups is 3. The van der Waals surface area contributed by atoms with Crippen molar-refractivity contribution in [3.05, 3.63) is 36.7 Å². The predicted molar refractivity (Wildman–Crippen MR) is 70.5 cm³/mol. The normalized spacial score (nSPS) is 18.4. The topological polar surface area (TPSA) is 66.9 Å². The minimum absolute atomic E-state index is 0.119. The molecule has 2 aliphatic rings. The van der Waals surface area contributed by atoms with E-state index in [2.05, 4.69) is 13.2 Å². The van der Waals surface area contributed by atoms with Crippen LogP contribution >= 0.6 is 0 Å². The highest BCUT2D eigenvalue weighted by molar-refractivity contribution is 5.93. The Balaban J connectivity index is 1.73. The zero-order chi connectivity index (χ0) is 14.7. The second-order valence-electron chi connectivity index (χ2n) is 4.64. The molecular formula is C14H16N2O4. The lowest BCUT2D eigenvalue weighted by molar-refractivity contribution is -0.186. The van der Waals surface area contributed by atoms with Gasteiger partial charge in [0.25, 0.3) is 11.8 Å². The van der Waals surface area contributed by atoms with Crippen LogP contribution in [0.25, 0.3) is 0 Å². The molecule has 0 aromatic carbocycles. The summed E-state index contributed by atoms with van der Waals surface area (Å²) in [5.41, 5.74) is 1.11. The van der Waals surface area contributed by atoms with Crippen molar-refractivity contribution in [3.63, 3.8) is 0 Å². The van der Waals surface area contributed by atoms with Crippen molar-refractivity contribution in [2.75, 3.05) is 6.54 Å². The Kier molecular flexibility index (Phi) is 4.02. The average Bonchev–Trinajstić information content (AvgIpc) is 2.88. The van der Waals surface area contributed by atoms with Gasteiger partial charge in [-0.3, -0.25) is 9.59 Å². The standard InChI is InChI=1S/C14H16N2O4/c1-10-5-7-12(17)15(10)9-3-4-14(19)20-16-11(2)6-8-13(16)18/h5,7H,1-4,6,8-9H2. The van der Waals surface area contributed by atoms with Gasteiger partial charge in [-0.25, -0.2) is 4.79 Å². The molecule has 1 fully saturated rings. The van der Waals surface area contributed by atoms with Gasteiger partial charge in [-0.2, -0.15) is 0 Å². The van der Waals surface area contributed by atoms with Crippen molar-refractivity contribution in [1.82, 2.24) is 9.96 Å². The molecule has 106 valence electrons. The van der Waals surface area contributed by atoms with Crippen LogP contribution in [0.3, 0.4) is 0 Å². The van der Waals surface area contributed by atoms with Crippen molar-refractivity contribution in [2.45, 2.75) is 25.7 Å². The first kappa shape index (κ1) is 14.0. The van der Waals surface area contributed by atoms with Gasteiger partial charge in [0.2, 0.25) is 0 Å². The molecule has 0 radical (unpaired) electrons. The molecule has 0 atom stereocenters. The smallest absolute Gasteiger partial charge is 0.333 e. The van der Waals surface area contributed by atoms with E-state index in [1.165, 1.54) is 11.0 Å². The molecule has 2 rings (SSSR count). The molecule has 0 saturated carbocycles. The van der Waals surface area contributed by atoms with Gasteiger partial charge in [0, 0.05) is 31.2 Å². The van der Waals surface area contributed by atoms with E-state index < -0.39 is 5.97 Å². The lowest BCUT2D eigenvalue weighted by Crippen LogP contribution is -2.28. The molecule has 0 aromatic rings. The summed E-state index contributed by atoms with van der Waals surface area (Å²) < 4.78 is 0. The number of amides is 2. The zero-order valence-corrected chi connectivity index (χ0v) is 11.1. The minimum Gasteiger partial charge on any atom is -0.334 e. The Labute approximate surface area is 116 Å². The van der Waals surface area contributed by atoms with E-state index in [0.29, 0.717) is 37.2 Å². The van der Waals surface area contributed by atoms with Crippen LogP contribution in [-0.4, -0.2) is 34.3 Å². The molecule has 6 nitrogen and oxygen atoms in total. The SMILES string of the molecule is C=C1C=CC(=O)N1CCCC(=O)ON1C(=C)CCC1=O. The first-order valence-electron chi connectivity index (χ1n) is 6.39. The van der Waals surface area contributed by atoms with Gasteiger partial charge < -0.3 is 9.74 Å². The first-order valence-corrected chi connectivity index (χ1v) is 6.39. The monoisotopic (exact) mass is 276 g/mol. The maximum atomic E-state index is 11.6. The molecular weight excluding hydrogens is 260 g/mol. The van der Waals surface area contributed by atoms with Crippen LogP contribution in [0, 0.1) is 0 Å². The highest BCUT2D eigenvalue weighted by Gasteiger charge is 2.28. The molecule has 6 heteroatoms. The largest absolute Gasteiger partial charge is 0.334 e. The van der Waals surface area contributed by atoms with Gasteiger partial charge in [0.05, 0.1) is 5.70 Å². The summed E-state index contributed by atoms with van der Waals surface area (Å²) in [6.45, 7) is 7.78. The van der Waals surface area contributed by atoms with Crippen molar-refractivity contribution >= 4 is 17.8 Å². The third kappa shape index (κ3) is 2.96. The van der Waals surface area contributed by atoms with Crippen LogP contribution in [0.4, 0.5) is 0 Å². The summed E-state index contributed by atoms with van der Waals surface area (Å²) in [5.74, 6) is -0.895. The second-order valence-corrected chi connectivity index (χ2v) is 4.64. The van der Waals surface area contributed by atoms with Crippen molar-refractivity contribution in [3.8, 4) is 0 Å². The van der Waals surface area contributed by atoms with Crippen LogP contribution in [0.5, 0.6) is 0 Å². The molecule has 0 bridgehead atoms. The number of hydroxylamine groups is 2. The van der Waals surface area contributed by atoms with E-state index in [1.807, 2.05) is 0 Å². The van der Waals surface area contributed by atoms with E-state index >= 15 is 0 Å². The summed E-state index contributed by atoms with van der Waals surface area (Å²) in [6.07, 6.45) is 4.47. The Bertz CT molecular complexity index is 487. The van der Waals surface area contributed by atoms with Crippen molar-refractivity contribution in [2.24, 2.45) is 0 Å². The fourth-order valence-corrected chi connectivity index (χ4v) is 2.02. The van der Waals surface area contributed by atoms with Crippen LogP contribution < -0.4 is 0 Å². The lowest BCUT2D eigenvalue weighted by Gasteiger charge is -2.18. The third-order valence-electron chi connectivity index (χ3n) is 3.13. The molecule has 0 unspecified atom stereocenters. The van der Waals surface area contributed by atoms with Gasteiger partial charge >= 0.3 is 5.97 Å². The van der Waals surface area contributed by atoms with Crippen LogP contribution in [-0.2, 0) is 19.2 Å². The summed E-state index contributed by atoms with van der Waals surface area (Å²) in [4.78, 5) is 40.9. The Morgan fingerprint density at radius 3 is 2.55 bits per heavy atom. The fraction of sp³-hybridized carbons (Fsp3) is 0.357. The van der Waals surface area contributed by atoms with E-state index in [1.54, 1.807) is 6.08 Å². The zero-order valence-electron chi connectivity index (χ0n) is 11.1. The summed E-state index contributed by atoms with van der Waals surface area (Å²) in [6, 6.07) is 0. The van der Waals surface area contributed by atoms with Crippen molar-refractivity contribution < 1.29 is 19.2 Å². The van der Waals surface area contributed by atoms with Gasteiger partial charge in [0.1, 0.15) is 0 Å². The van der Waals surface area contributed by atoms with Gasteiger partial charge in [-0.05, 0) is 18.9 Å². The Morgan fingerprint density at radius 2 is 2.00 bits per heavy atom. The van der Waals surface area contributed by atoms with E-state index in [-0.39, 0.29) is 18.2 Å². The van der Waals surface area contributed by atoms with Crippen LogP contribution in [0.15, 0.2) is 36.7 Å². The Morgan fingerprint density at radius 1 is 1.25 bits per heavy atom. The number of hydrogen-bond donors (Lipinski definition) is 0. The average molecular weight is 276 g/mol. The van der Waals surface area contributed by atoms with Gasteiger partial charge in [-0.1, -0.05) is 13.2 Å². The lowest BCUT2D eigenvalue weighted by atomic mass is 10.3. The number of hydrogen-bond acceptors (Lipinski definition) is 4. The number of rotatable bonds is 5. The second kappa shape index (κ2) is 5.73. The first-order chi connectivity index (χ1) is 9.49. The quantitative estimate of drug-likeness (QED) is 0.758. The molecule has 0 aromatic heterocycles. The molecule has 2 amide bonds. The van der Waals surface area contributed by atoms with Gasteiger partial charge in [0.15, 0.2) is 0 Å². The predicted octanol–water partition coefficient (Wildman–Crippen LogP) is 1.27. The van der Waals surface area contributed by atoms with E-state index in [9.17, 15) is 14.4 Å². The Hall–Kier alpha value is -2.37. The molecule has 2 aliphatic heterocycles. The number of nitrogens with zero attached hydrogens (tertiary/aromatic N) is 2. The minimum atomic E-state index is -0.508. The highest BCUT2D eigenvalue weighted by Crippen LogP contribution is 2.21. The maximum Gasteiger partial charge on any atom is 0.333 e. The summed E-state index contributed by atoms with van der Waals surface area (Å²) in [7, 11) is 0. The van der Waals surface area contributed by atoms with Gasteiger partial charge in [-0.15, -0.1) is 5.06 Å². The maximum absolute atomic E-state index is 11.6. The fourth-order valence-electron chi connectivity index (χ4n) is 2.02. The van der Waals surface area contributed by atoms with E-state index in [4.69, 9.17) is 4.84 Å². The van der Waals surface area contributed by atoms with E-state index in [0.717, 1.165) is 5.06 Å². The summed E-state index contributed by atoms with van der Waals surface area (Å²) >= 11 is 0. The summed E-state index contributed by atoms with van der Waals surface area (Å²) in [5, 5.41) is 0.962. The van der Waals surface area contributed by atoms with Crippen LogP contribution in [0.1, 0.15) is 25.7 Å². The van der Waals surface area contributed by atoms with Crippen LogP contribution in [0.2, 0.25) is 0 Å². The number of allylic oxidation sites excluding steroid dienone is 2. The van der Waals surface area contributed by atoms with Crippen molar-refractivity contribution in [1.29, 1.82) is 0 Å². The molecule has 1 saturated heterocycles. The molecule has 0 aliphatic carbocycles. The third-order valence-corrected chi connectivity index (χ3v) is 3.13.